The Hall–Kier alpha value is -0.610. The van der Waals surface area contributed by atoms with E-state index in [9.17, 15) is 0 Å². The Kier molecular flexibility index (Phi) is 8.01. The summed E-state index contributed by atoms with van der Waals surface area (Å²) in [4.78, 5) is 0. The van der Waals surface area contributed by atoms with Crippen LogP contribution in [0.25, 0.3) is 0 Å². The first-order valence-corrected chi connectivity index (χ1v) is 6.72. The molecule has 1 atom stereocenters. The molecule has 1 aromatic rings. The molecule has 4 heteroatoms. The number of nitrogens with one attached hydrogen (secondary N) is 1. The molecule has 102 valence electrons. The number of rotatable bonds is 9. The van der Waals surface area contributed by atoms with Crippen molar-refractivity contribution in [2.45, 2.75) is 19.4 Å². The summed E-state index contributed by atoms with van der Waals surface area (Å²) in [6, 6.07) is 7.81. The van der Waals surface area contributed by atoms with Gasteiger partial charge in [-0.3, -0.25) is 0 Å². The standard InChI is InChI=1S/C14H22ClNO2/c1-3-7-16-11-14(18-9-8-17-2)12-5-4-6-13(15)10-12/h4-6,10,14,16H,3,7-9,11H2,1-2H3. The predicted molar refractivity (Wildman–Crippen MR) is 75.2 cm³/mol. The highest BCUT2D eigenvalue weighted by molar-refractivity contribution is 6.30. The zero-order chi connectivity index (χ0) is 13.2. The number of methoxy groups -OCH3 is 1. The highest BCUT2D eigenvalue weighted by atomic mass is 35.5. The van der Waals surface area contributed by atoms with E-state index in [0.717, 1.165) is 30.1 Å². The second-order valence-corrected chi connectivity index (χ2v) is 4.55. The second kappa shape index (κ2) is 9.34. The zero-order valence-corrected chi connectivity index (χ0v) is 11.9. The van der Waals surface area contributed by atoms with E-state index < -0.39 is 0 Å². The maximum atomic E-state index is 6.01. The molecule has 1 aromatic carbocycles. The Morgan fingerprint density at radius 3 is 2.83 bits per heavy atom. The van der Waals surface area contributed by atoms with Gasteiger partial charge in [-0.05, 0) is 30.7 Å². The van der Waals surface area contributed by atoms with Crippen molar-refractivity contribution in [1.29, 1.82) is 0 Å². The van der Waals surface area contributed by atoms with E-state index in [2.05, 4.69) is 12.2 Å². The monoisotopic (exact) mass is 271 g/mol. The van der Waals surface area contributed by atoms with Gasteiger partial charge >= 0.3 is 0 Å². The molecule has 0 aromatic heterocycles. The lowest BCUT2D eigenvalue weighted by Crippen LogP contribution is -2.25. The number of ether oxygens (including phenoxy) is 2. The fourth-order valence-corrected chi connectivity index (χ4v) is 1.86. The van der Waals surface area contributed by atoms with Crippen LogP contribution in [0.2, 0.25) is 5.02 Å². The lowest BCUT2D eigenvalue weighted by atomic mass is 10.1. The molecule has 0 bridgehead atoms. The fourth-order valence-electron chi connectivity index (χ4n) is 1.66. The average Bonchev–Trinajstić information content (AvgIpc) is 2.37. The fraction of sp³-hybridized carbons (Fsp3) is 0.571. The first kappa shape index (κ1) is 15.4. The van der Waals surface area contributed by atoms with Gasteiger partial charge in [0.25, 0.3) is 0 Å². The van der Waals surface area contributed by atoms with Crippen LogP contribution in [0.4, 0.5) is 0 Å². The van der Waals surface area contributed by atoms with Crippen LogP contribution >= 0.6 is 11.6 Å². The third kappa shape index (κ3) is 5.83. The topological polar surface area (TPSA) is 30.5 Å². The van der Waals surface area contributed by atoms with Gasteiger partial charge in [0, 0.05) is 18.7 Å². The molecule has 1 unspecified atom stereocenters. The minimum atomic E-state index is 0.0189. The maximum Gasteiger partial charge on any atom is 0.0950 e. The van der Waals surface area contributed by atoms with E-state index in [1.165, 1.54) is 0 Å². The van der Waals surface area contributed by atoms with E-state index >= 15 is 0 Å². The van der Waals surface area contributed by atoms with Crippen molar-refractivity contribution >= 4 is 11.6 Å². The minimum absolute atomic E-state index is 0.0189. The smallest absolute Gasteiger partial charge is 0.0950 e. The van der Waals surface area contributed by atoms with Gasteiger partial charge in [-0.2, -0.15) is 0 Å². The Morgan fingerprint density at radius 2 is 2.17 bits per heavy atom. The number of hydrogen-bond donors (Lipinski definition) is 1. The quantitative estimate of drug-likeness (QED) is 0.701. The van der Waals surface area contributed by atoms with E-state index in [1.54, 1.807) is 7.11 Å². The lowest BCUT2D eigenvalue weighted by molar-refractivity contribution is 0.0167. The molecule has 0 saturated heterocycles. The summed E-state index contributed by atoms with van der Waals surface area (Å²) in [6.07, 6.45) is 1.13. The molecule has 3 nitrogen and oxygen atoms in total. The first-order chi connectivity index (χ1) is 8.77. The highest BCUT2D eigenvalue weighted by Crippen LogP contribution is 2.20. The van der Waals surface area contributed by atoms with Crippen molar-refractivity contribution in [2.24, 2.45) is 0 Å². The first-order valence-electron chi connectivity index (χ1n) is 6.34. The Morgan fingerprint density at radius 1 is 1.33 bits per heavy atom. The largest absolute Gasteiger partial charge is 0.382 e. The summed E-state index contributed by atoms with van der Waals surface area (Å²) in [5.74, 6) is 0. The van der Waals surface area contributed by atoms with Crippen molar-refractivity contribution in [3.63, 3.8) is 0 Å². The molecule has 0 saturated carbocycles. The molecule has 1 rings (SSSR count). The van der Waals surface area contributed by atoms with Crippen molar-refractivity contribution in [1.82, 2.24) is 5.32 Å². The van der Waals surface area contributed by atoms with Crippen LogP contribution in [0.3, 0.4) is 0 Å². The molecule has 18 heavy (non-hydrogen) atoms. The SMILES string of the molecule is CCCNCC(OCCOC)c1cccc(Cl)c1. The van der Waals surface area contributed by atoms with Gasteiger partial charge in [-0.1, -0.05) is 30.7 Å². The van der Waals surface area contributed by atoms with Crippen LogP contribution in [0, 0.1) is 0 Å². The molecule has 1 N–H and O–H groups in total. The molecule has 0 aliphatic rings. The summed E-state index contributed by atoms with van der Waals surface area (Å²) < 4.78 is 10.8. The van der Waals surface area contributed by atoms with Gasteiger partial charge in [0.05, 0.1) is 19.3 Å². The average molecular weight is 272 g/mol. The van der Waals surface area contributed by atoms with Crippen LogP contribution in [0.15, 0.2) is 24.3 Å². The Balaban J connectivity index is 2.57. The van der Waals surface area contributed by atoms with E-state index in [1.807, 2.05) is 24.3 Å². The lowest BCUT2D eigenvalue weighted by Gasteiger charge is -2.19. The summed E-state index contributed by atoms with van der Waals surface area (Å²) in [5.41, 5.74) is 1.10. The molecule has 0 fully saturated rings. The zero-order valence-electron chi connectivity index (χ0n) is 11.1. The van der Waals surface area contributed by atoms with E-state index in [-0.39, 0.29) is 6.10 Å². The predicted octanol–water partition coefficient (Wildman–Crippen LogP) is 3.04. The molecule has 0 spiro atoms. The van der Waals surface area contributed by atoms with Gasteiger partial charge in [0.2, 0.25) is 0 Å². The third-order valence-electron chi connectivity index (χ3n) is 2.58. The molecule has 0 heterocycles. The summed E-state index contributed by atoms with van der Waals surface area (Å²) in [6.45, 7) is 5.11. The van der Waals surface area contributed by atoms with Crippen LogP contribution in [0.5, 0.6) is 0 Å². The normalized spacial score (nSPS) is 12.6. The second-order valence-electron chi connectivity index (χ2n) is 4.11. The van der Waals surface area contributed by atoms with Crippen molar-refractivity contribution in [3.8, 4) is 0 Å². The minimum Gasteiger partial charge on any atom is -0.382 e. The Bertz CT molecular complexity index is 323. The number of halogens is 1. The molecule has 0 amide bonds. The molecular weight excluding hydrogens is 250 g/mol. The van der Waals surface area contributed by atoms with Gasteiger partial charge < -0.3 is 14.8 Å². The summed E-state index contributed by atoms with van der Waals surface area (Å²) in [5, 5.41) is 4.11. The Labute approximate surface area is 114 Å². The number of benzene rings is 1. The van der Waals surface area contributed by atoms with Crippen LogP contribution < -0.4 is 5.32 Å². The van der Waals surface area contributed by atoms with E-state index in [0.29, 0.717) is 13.2 Å². The van der Waals surface area contributed by atoms with Crippen LogP contribution in [-0.2, 0) is 9.47 Å². The molecule has 0 aliphatic heterocycles. The number of hydrogen-bond acceptors (Lipinski definition) is 3. The van der Waals surface area contributed by atoms with Crippen LogP contribution in [0.1, 0.15) is 25.0 Å². The van der Waals surface area contributed by atoms with Crippen molar-refractivity contribution in [2.75, 3.05) is 33.4 Å². The van der Waals surface area contributed by atoms with Gasteiger partial charge in [0.1, 0.15) is 0 Å². The highest BCUT2D eigenvalue weighted by Gasteiger charge is 2.11. The van der Waals surface area contributed by atoms with Gasteiger partial charge in [-0.15, -0.1) is 0 Å². The summed E-state index contributed by atoms with van der Waals surface area (Å²) in [7, 11) is 1.67. The maximum absolute atomic E-state index is 6.01. The molecule has 0 radical (unpaired) electrons. The molecule has 0 aliphatic carbocycles. The molecular formula is C14H22ClNO2. The van der Waals surface area contributed by atoms with Crippen molar-refractivity contribution in [3.05, 3.63) is 34.9 Å². The van der Waals surface area contributed by atoms with Gasteiger partial charge in [0.15, 0.2) is 0 Å². The van der Waals surface area contributed by atoms with E-state index in [4.69, 9.17) is 21.1 Å². The third-order valence-corrected chi connectivity index (χ3v) is 2.82. The van der Waals surface area contributed by atoms with Gasteiger partial charge in [-0.25, -0.2) is 0 Å². The summed E-state index contributed by atoms with van der Waals surface area (Å²) >= 11 is 6.01. The van der Waals surface area contributed by atoms with Crippen molar-refractivity contribution < 1.29 is 9.47 Å². The van der Waals surface area contributed by atoms with Crippen LogP contribution in [-0.4, -0.2) is 33.4 Å².